The van der Waals surface area contributed by atoms with Crippen LogP contribution in [0.5, 0.6) is 0 Å². The number of aryl methyl sites for hydroxylation is 1. The Morgan fingerprint density at radius 2 is 1.68 bits per heavy atom. The SMILES string of the molecule is Cc1ncnc(NC2CCC(C(C(F)F)C(F)F)CC2)c1Cl. The van der Waals surface area contributed by atoms with Crippen LogP contribution in [-0.2, 0) is 0 Å². The van der Waals surface area contributed by atoms with Crippen molar-refractivity contribution in [1.82, 2.24) is 9.97 Å². The molecule has 1 aliphatic rings. The predicted molar refractivity (Wildman–Crippen MR) is 76.6 cm³/mol. The molecular formula is C14H18ClF4N3. The van der Waals surface area contributed by atoms with Crippen molar-refractivity contribution in [3.8, 4) is 0 Å². The molecule has 1 saturated carbocycles. The van der Waals surface area contributed by atoms with E-state index in [-0.39, 0.29) is 6.04 Å². The number of rotatable bonds is 5. The lowest BCUT2D eigenvalue weighted by Crippen LogP contribution is -2.35. The summed E-state index contributed by atoms with van der Waals surface area (Å²) < 4.78 is 51.0. The van der Waals surface area contributed by atoms with Gasteiger partial charge in [-0.05, 0) is 38.5 Å². The Morgan fingerprint density at radius 3 is 2.23 bits per heavy atom. The van der Waals surface area contributed by atoms with E-state index >= 15 is 0 Å². The van der Waals surface area contributed by atoms with Gasteiger partial charge in [-0.2, -0.15) is 0 Å². The summed E-state index contributed by atoms with van der Waals surface area (Å²) in [5.74, 6) is -1.97. The molecule has 0 atom stereocenters. The Hall–Kier alpha value is -1.11. The van der Waals surface area contributed by atoms with Crippen molar-refractivity contribution in [3.05, 3.63) is 17.0 Å². The monoisotopic (exact) mass is 339 g/mol. The van der Waals surface area contributed by atoms with Gasteiger partial charge in [0.25, 0.3) is 0 Å². The second-order valence-electron chi connectivity index (χ2n) is 5.62. The van der Waals surface area contributed by atoms with Crippen molar-refractivity contribution in [2.45, 2.75) is 51.5 Å². The molecule has 8 heteroatoms. The molecular weight excluding hydrogens is 322 g/mol. The maximum Gasteiger partial charge on any atom is 0.247 e. The largest absolute Gasteiger partial charge is 0.366 e. The first kappa shape index (κ1) is 17.2. The topological polar surface area (TPSA) is 37.8 Å². The zero-order chi connectivity index (χ0) is 16.3. The fourth-order valence-electron chi connectivity index (χ4n) is 2.92. The number of halogens is 5. The fraction of sp³-hybridized carbons (Fsp3) is 0.714. The van der Waals surface area contributed by atoms with Gasteiger partial charge in [0.15, 0.2) is 0 Å². The zero-order valence-electron chi connectivity index (χ0n) is 12.1. The third-order valence-corrected chi connectivity index (χ3v) is 4.66. The van der Waals surface area contributed by atoms with Crippen LogP contribution in [0.2, 0.25) is 5.02 Å². The average Bonchev–Trinajstić information content (AvgIpc) is 2.45. The molecule has 0 aliphatic heterocycles. The molecule has 1 aliphatic carbocycles. The number of anilines is 1. The van der Waals surface area contributed by atoms with E-state index in [0.717, 1.165) is 0 Å². The lowest BCUT2D eigenvalue weighted by atomic mass is 9.78. The minimum atomic E-state index is -2.98. The van der Waals surface area contributed by atoms with Crippen LogP contribution in [0.1, 0.15) is 31.4 Å². The van der Waals surface area contributed by atoms with E-state index in [1.165, 1.54) is 6.33 Å². The third-order valence-electron chi connectivity index (χ3n) is 4.20. The summed E-state index contributed by atoms with van der Waals surface area (Å²) in [6.07, 6.45) is -2.79. The van der Waals surface area contributed by atoms with Crippen LogP contribution in [0.25, 0.3) is 0 Å². The highest BCUT2D eigenvalue weighted by molar-refractivity contribution is 6.33. The van der Waals surface area contributed by atoms with E-state index in [1.807, 2.05) is 0 Å². The highest BCUT2D eigenvalue weighted by Gasteiger charge is 2.39. The molecule has 0 bridgehead atoms. The summed E-state index contributed by atoms with van der Waals surface area (Å²) in [5, 5.41) is 3.57. The van der Waals surface area contributed by atoms with E-state index in [0.29, 0.717) is 42.2 Å². The summed E-state index contributed by atoms with van der Waals surface area (Å²) in [6.45, 7) is 1.75. The number of nitrogens with one attached hydrogen (secondary N) is 1. The fourth-order valence-corrected chi connectivity index (χ4v) is 3.07. The van der Waals surface area contributed by atoms with Gasteiger partial charge in [-0.25, -0.2) is 27.5 Å². The maximum atomic E-state index is 12.7. The van der Waals surface area contributed by atoms with Crippen LogP contribution in [0, 0.1) is 18.8 Å². The lowest BCUT2D eigenvalue weighted by molar-refractivity contribution is -0.0639. The van der Waals surface area contributed by atoms with Gasteiger partial charge >= 0.3 is 0 Å². The first-order valence-corrected chi connectivity index (χ1v) is 7.58. The first-order valence-electron chi connectivity index (χ1n) is 7.20. The Morgan fingerprint density at radius 1 is 1.09 bits per heavy atom. The molecule has 124 valence electrons. The Bertz CT molecular complexity index is 485. The summed E-state index contributed by atoms with van der Waals surface area (Å²) in [7, 11) is 0. The van der Waals surface area contributed by atoms with Crippen LogP contribution in [0.3, 0.4) is 0 Å². The van der Waals surface area contributed by atoms with Gasteiger partial charge in [0.05, 0.1) is 11.6 Å². The first-order chi connectivity index (χ1) is 10.4. The number of hydrogen-bond donors (Lipinski definition) is 1. The standard InChI is InChI=1S/C14H18ClF4N3/c1-7-11(15)14(21-6-20-7)22-9-4-2-8(3-5-9)10(12(16)17)13(18)19/h6,8-10,12-13H,2-5H2,1H3,(H,20,21,22). The molecule has 1 aromatic rings. The number of aromatic nitrogens is 2. The number of nitrogens with zero attached hydrogens (tertiary/aromatic N) is 2. The van der Waals surface area contributed by atoms with E-state index in [9.17, 15) is 17.6 Å². The average molecular weight is 340 g/mol. The lowest BCUT2D eigenvalue weighted by Gasteiger charge is -2.33. The minimum Gasteiger partial charge on any atom is -0.366 e. The van der Waals surface area contributed by atoms with Gasteiger partial charge in [-0.15, -0.1) is 0 Å². The Balaban J connectivity index is 1.93. The van der Waals surface area contributed by atoms with Gasteiger partial charge in [0.2, 0.25) is 12.9 Å². The van der Waals surface area contributed by atoms with Crippen LogP contribution in [0.15, 0.2) is 6.33 Å². The van der Waals surface area contributed by atoms with Crippen molar-refractivity contribution in [2.24, 2.45) is 11.8 Å². The molecule has 1 N–H and O–H groups in total. The van der Waals surface area contributed by atoms with Crippen LogP contribution in [-0.4, -0.2) is 28.9 Å². The van der Waals surface area contributed by atoms with Crippen LogP contribution in [0.4, 0.5) is 23.4 Å². The van der Waals surface area contributed by atoms with Crippen molar-refractivity contribution < 1.29 is 17.6 Å². The molecule has 22 heavy (non-hydrogen) atoms. The van der Waals surface area contributed by atoms with Crippen molar-refractivity contribution in [1.29, 1.82) is 0 Å². The maximum absolute atomic E-state index is 12.7. The molecule has 1 heterocycles. The molecule has 0 radical (unpaired) electrons. The van der Waals surface area contributed by atoms with Gasteiger partial charge in [0.1, 0.15) is 17.2 Å². The van der Waals surface area contributed by atoms with E-state index in [4.69, 9.17) is 11.6 Å². The molecule has 1 fully saturated rings. The second kappa shape index (κ2) is 7.44. The summed E-state index contributed by atoms with van der Waals surface area (Å²) in [5.41, 5.74) is 0.642. The smallest absolute Gasteiger partial charge is 0.247 e. The molecule has 0 aromatic carbocycles. The van der Waals surface area contributed by atoms with Crippen molar-refractivity contribution in [2.75, 3.05) is 5.32 Å². The highest BCUT2D eigenvalue weighted by atomic mass is 35.5. The number of alkyl halides is 4. The van der Waals surface area contributed by atoms with E-state index < -0.39 is 24.7 Å². The van der Waals surface area contributed by atoms with Crippen LogP contribution < -0.4 is 5.32 Å². The van der Waals surface area contributed by atoms with Gasteiger partial charge in [-0.1, -0.05) is 11.6 Å². The van der Waals surface area contributed by atoms with Gasteiger partial charge in [0, 0.05) is 6.04 Å². The molecule has 0 unspecified atom stereocenters. The molecule has 2 rings (SSSR count). The highest BCUT2D eigenvalue weighted by Crippen LogP contribution is 2.38. The summed E-state index contributed by atoms with van der Waals surface area (Å²) >= 11 is 6.09. The zero-order valence-corrected chi connectivity index (χ0v) is 12.8. The van der Waals surface area contributed by atoms with E-state index in [2.05, 4.69) is 15.3 Å². The predicted octanol–water partition coefficient (Wildman–Crippen LogP) is 4.56. The van der Waals surface area contributed by atoms with E-state index in [1.54, 1.807) is 6.92 Å². The molecule has 0 amide bonds. The van der Waals surface area contributed by atoms with Gasteiger partial charge < -0.3 is 5.32 Å². The number of hydrogen-bond acceptors (Lipinski definition) is 3. The Labute approximate surface area is 131 Å². The normalized spacial score (nSPS) is 22.6. The third kappa shape index (κ3) is 4.00. The van der Waals surface area contributed by atoms with Crippen molar-refractivity contribution >= 4 is 17.4 Å². The molecule has 1 aromatic heterocycles. The second-order valence-corrected chi connectivity index (χ2v) is 6.00. The summed E-state index contributed by atoms with van der Waals surface area (Å²) in [6, 6.07) is -0.000884. The van der Waals surface area contributed by atoms with Crippen LogP contribution >= 0.6 is 11.6 Å². The van der Waals surface area contributed by atoms with Crippen molar-refractivity contribution in [3.63, 3.8) is 0 Å². The minimum absolute atomic E-state index is 0.000884. The molecule has 0 saturated heterocycles. The molecule has 0 spiro atoms. The van der Waals surface area contributed by atoms with Gasteiger partial charge in [-0.3, -0.25) is 0 Å². The molecule has 3 nitrogen and oxygen atoms in total. The quantitative estimate of drug-likeness (QED) is 0.799. The Kier molecular flexibility index (Phi) is 5.83. The summed E-state index contributed by atoms with van der Waals surface area (Å²) in [4.78, 5) is 8.01.